The van der Waals surface area contributed by atoms with E-state index < -0.39 is 0 Å². The summed E-state index contributed by atoms with van der Waals surface area (Å²) in [4.78, 5) is 2.34. The van der Waals surface area contributed by atoms with E-state index in [0.29, 0.717) is 0 Å². The van der Waals surface area contributed by atoms with Gasteiger partial charge in [-0.05, 0) is 65.2 Å². The smallest absolute Gasteiger partial charge is 0.143 e. The first-order chi connectivity index (χ1) is 28.8. The lowest BCUT2D eigenvalue weighted by Gasteiger charge is -2.26. The van der Waals surface area contributed by atoms with Crippen molar-refractivity contribution in [2.24, 2.45) is 0 Å². The number of anilines is 3. The zero-order chi connectivity index (χ0) is 38.2. The van der Waals surface area contributed by atoms with E-state index in [-0.39, 0.29) is 0 Å². The van der Waals surface area contributed by atoms with Crippen molar-refractivity contribution in [2.75, 3.05) is 4.90 Å². The SMILES string of the molecule is c1ccc(-c2cccc3c2oc2cccc(N(c4ccc(-c5cccc6c5oc5ccccc56)cc4)c4ccc(-c5cccc6c5oc5ccccc56)cc4)c23)cc1. The largest absolute Gasteiger partial charge is 0.455 e. The molecule has 0 atom stereocenters. The Morgan fingerprint density at radius 3 is 1.22 bits per heavy atom. The Morgan fingerprint density at radius 2 is 0.672 bits per heavy atom. The molecule has 0 aliphatic heterocycles. The van der Waals surface area contributed by atoms with Gasteiger partial charge in [-0.25, -0.2) is 0 Å². The topological polar surface area (TPSA) is 42.7 Å². The maximum atomic E-state index is 6.74. The Hall–Kier alpha value is -7.82. The van der Waals surface area contributed by atoms with Gasteiger partial charge in [-0.2, -0.15) is 0 Å². The maximum absolute atomic E-state index is 6.74. The highest BCUT2D eigenvalue weighted by Gasteiger charge is 2.22. The average Bonchev–Trinajstić information content (AvgIpc) is 3.99. The molecule has 4 nitrogen and oxygen atoms in total. The van der Waals surface area contributed by atoms with Gasteiger partial charge in [0.25, 0.3) is 0 Å². The first kappa shape index (κ1) is 32.4. The Morgan fingerprint density at radius 1 is 0.276 bits per heavy atom. The Labute approximate surface area is 333 Å². The molecule has 3 heterocycles. The number of fused-ring (bicyclic) bond motifs is 9. The second-order valence-electron chi connectivity index (χ2n) is 14.8. The van der Waals surface area contributed by atoms with Gasteiger partial charge in [0.1, 0.15) is 33.5 Å². The van der Waals surface area contributed by atoms with Gasteiger partial charge in [-0.1, -0.05) is 152 Å². The van der Waals surface area contributed by atoms with Crippen LogP contribution < -0.4 is 4.90 Å². The van der Waals surface area contributed by atoms with Crippen LogP contribution in [0.15, 0.2) is 213 Å². The monoisotopic (exact) mass is 743 g/mol. The van der Waals surface area contributed by atoms with Crippen molar-refractivity contribution in [3.63, 3.8) is 0 Å². The molecule has 0 amide bonds. The molecular formula is C54H33NO3. The lowest BCUT2D eigenvalue weighted by atomic mass is 10.00. The first-order valence-corrected chi connectivity index (χ1v) is 19.6. The number of hydrogen-bond donors (Lipinski definition) is 0. The van der Waals surface area contributed by atoms with Crippen LogP contribution in [-0.2, 0) is 0 Å². The third kappa shape index (κ3) is 5.02. The van der Waals surface area contributed by atoms with E-state index in [1.54, 1.807) is 0 Å². The zero-order valence-electron chi connectivity index (χ0n) is 31.2. The molecule has 0 N–H and O–H groups in total. The summed E-state index contributed by atoms with van der Waals surface area (Å²) in [6, 6.07) is 70.1. The van der Waals surface area contributed by atoms with E-state index in [4.69, 9.17) is 13.3 Å². The third-order valence-electron chi connectivity index (χ3n) is 11.5. The number of furan rings is 3. The summed E-state index contributed by atoms with van der Waals surface area (Å²) < 4.78 is 19.6. The molecule has 0 bridgehead atoms. The van der Waals surface area contributed by atoms with E-state index in [1.807, 2.05) is 30.3 Å². The van der Waals surface area contributed by atoms with Crippen molar-refractivity contribution in [1.29, 1.82) is 0 Å². The molecule has 12 rings (SSSR count). The molecule has 0 aliphatic rings. The average molecular weight is 744 g/mol. The molecule has 3 aromatic heterocycles. The lowest BCUT2D eigenvalue weighted by Crippen LogP contribution is -2.10. The second-order valence-corrected chi connectivity index (χ2v) is 14.8. The van der Waals surface area contributed by atoms with Gasteiger partial charge in [0.15, 0.2) is 0 Å². The van der Waals surface area contributed by atoms with Crippen LogP contribution in [-0.4, -0.2) is 0 Å². The van der Waals surface area contributed by atoms with Crippen molar-refractivity contribution in [3.8, 4) is 33.4 Å². The summed E-state index contributed by atoms with van der Waals surface area (Å²) in [7, 11) is 0. The molecule has 0 spiro atoms. The van der Waals surface area contributed by atoms with E-state index in [0.717, 1.165) is 116 Å². The van der Waals surface area contributed by atoms with Crippen molar-refractivity contribution >= 4 is 82.9 Å². The predicted octanol–water partition coefficient (Wildman–Crippen LogP) is 15.9. The molecule has 4 heteroatoms. The second kappa shape index (κ2) is 12.9. The van der Waals surface area contributed by atoms with Crippen LogP contribution in [0.2, 0.25) is 0 Å². The Balaban J connectivity index is 1.03. The summed E-state index contributed by atoms with van der Waals surface area (Å²) in [6.45, 7) is 0. The molecule has 0 radical (unpaired) electrons. The molecule has 0 aliphatic carbocycles. The molecule has 0 fully saturated rings. The van der Waals surface area contributed by atoms with Gasteiger partial charge in [0.2, 0.25) is 0 Å². The van der Waals surface area contributed by atoms with Crippen LogP contribution in [0.5, 0.6) is 0 Å². The summed E-state index contributed by atoms with van der Waals surface area (Å²) in [6.07, 6.45) is 0. The van der Waals surface area contributed by atoms with Crippen molar-refractivity contribution in [2.45, 2.75) is 0 Å². The normalized spacial score (nSPS) is 11.8. The maximum Gasteiger partial charge on any atom is 0.143 e. The van der Waals surface area contributed by atoms with Gasteiger partial charge in [0, 0.05) is 55.0 Å². The van der Waals surface area contributed by atoms with Gasteiger partial charge in [-0.15, -0.1) is 0 Å². The number of nitrogens with zero attached hydrogens (tertiary/aromatic N) is 1. The van der Waals surface area contributed by atoms with Gasteiger partial charge < -0.3 is 18.2 Å². The highest BCUT2D eigenvalue weighted by molar-refractivity contribution is 6.16. The van der Waals surface area contributed by atoms with Crippen LogP contribution in [0.25, 0.3) is 99.2 Å². The van der Waals surface area contributed by atoms with Gasteiger partial charge in [0.05, 0.1) is 11.1 Å². The van der Waals surface area contributed by atoms with Crippen LogP contribution in [0.4, 0.5) is 17.1 Å². The third-order valence-corrected chi connectivity index (χ3v) is 11.5. The summed E-state index contributed by atoms with van der Waals surface area (Å²) in [5, 5.41) is 6.60. The fourth-order valence-electron chi connectivity index (χ4n) is 8.82. The molecule has 0 unspecified atom stereocenters. The summed E-state index contributed by atoms with van der Waals surface area (Å²) in [5.74, 6) is 0. The van der Waals surface area contributed by atoms with Crippen LogP contribution in [0.1, 0.15) is 0 Å². The van der Waals surface area contributed by atoms with Crippen LogP contribution in [0.3, 0.4) is 0 Å². The highest BCUT2D eigenvalue weighted by atomic mass is 16.3. The minimum Gasteiger partial charge on any atom is -0.455 e. The molecule has 12 aromatic rings. The summed E-state index contributed by atoms with van der Waals surface area (Å²) in [5.41, 5.74) is 14.8. The van der Waals surface area contributed by atoms with Gasteiger partial charge >= 0.3 is 0 Å². The van der Waals surface area contributed by atoms with E-state index >= 15 is 0 Å². The molecule has 272 valence electrons. The fraction of sp³-hybridized carbons (Fsp3) is 0. The lowest BCUT2D eigenvalue weighted by molar-refractivity contribution is 0.669. The quantitative estimate of drug-likeness (QED) is 0.170. The Bertz CT molecular complexity index is 3340. The Kier molecular flexibility index (Phi) is 7.20. The van der Waals surface area contributed by atoms with E-state index in [2.05, 4.69) is 175 Å². The molecule has 58 heavy (non-hydrogen) atoms. The zero-order valence-corrected chi connectivity index (χ0v) is 31.2. The number of benzene rings is 9. The number of para-hydroxylation sites is 5. The molecular weight excluding hydrogens is 711 g/mol. The van der Waals surface area contributed by atoms with Crippen LogP contribution >= 0.6 is 0 Å². The summed E-state index contributed by atoms with van der Waals surface area (Å²) >= 11 is 0. The van der Waals surface area contributed by atoms with Crippen molar-refractivity contribution in [3.05, 3.63) is 200 Å². The van der Waals surface area contributed by atoms with Gasteiger partial charge in [-0.3, -0.25) is 0 Å². The minimum absolute atomic E-state index is 0.835. The molecule has 9 aromatic carbocycles. The van der Waals surface area contributed by atoms with Crippen molar-refractivity contribution in [1.82, 2.24) is 0 Å². The van der Waals surface area contributed by atoms with E-state index in [9.17, 15) is 0 Å². The first-order valence-electron chi connectivity index (χ1n) is 19.6. The number of rotatable bonds is 6. The number of hydrogen-bond acceptors (Lipinski definition) is 4. The van der Waals surface area contributed by atoms with Crippen LogP contribution in [0, 0.1) is 0 Å². The fourth-order valence-corrected chi connectivity index (χ4v) is 8.82. The minimum atomic E-state index is 0.835. The highest BCUT2D eigenvalue weighted by Crippen LogP contribution is 2.46. The standard InChI is InChI=1S/C54H33NO3/c1-2-12-34(13-3-1)39-18-10-21-46-51-47(22-11-25-50(51)58-54(39)46)55(37-30-26-35(27-31-37)40-16-8-19-44-42-14-4-6-23-48(42)56-52(40)44)38-32-28-36(29-33-38)41-17-9-20-45-43-15-5-7-24-49(43)57-53(41)45/h1-33H. The molecule has 0 saturated heterocycles. The van der Waals surface area contributed by atoms with Crippen molar-refractivity contribution < 1.29 is 13.3 Å². The predicted molar refractivity (Wildman–Crippen MR) is 239 cm³/mol. The van der Waals surface area contributed by atoms with E-state index in [1.165, 1.54) is 0 Å². The molecule has 0 saturated carbocycles.